The normalized spacial score (nSPS) is 11.2. The summed E-state index contributed by atoms with van der Waals surface area (Å²) in [7, 11) is 0. The Balaban J connectivity index is 0.000000788. The Hall–Kier alpha value is -3.07. The first kappa shape index (κ1) is 37.9. The van der Waals surface area contributed by atoms with E-state index >= 15 is 0 Å². The standard InChI is InChI=1S/C17H32N2O3.C15H21NO3/c1-14(19-16(21)22-17(3,4)5)13-18-12-10-8-6-7-9-11-15(2)20;1-13(17)8-4-3-7-11-16-15(18)19-12-14-9-5-2-6-10-14/h18H,6-13H2,1-5H3;2,5-6,9-10H,3-4,7-8,11-12H2,1H3,(H,16,18). The number of Topliss-reactive ketones (excluding diaryl/α,β-unsaturated/α-hetero) is 2. The number of nitrogens with one attached hydrogen (secondary N) is 2. The summed E-state index contributed by atoms with van der Waals surface area (Å²) in [5.41, 5.74) is 1.20. The van der Waals surface area contributed by atoms with E-state index in [1.165, 1.54) is 6.42 Å². The van der Waals surface area contributed by atoms with Crippen molar-refractivity contribution in [1.29, 1.82) is 0 Å². The van der Waals surface area contributed by atoms with Gasteiger partial charge in [-0.2, -0.15) is 4.99 Å². The molecule has 1 rings (SSSR count). The molecule has 41 heavy (non-hydrogen) atoms. The molecule has 1 aromatic rings. The number of nitrogens with zero attached hydrogens (tertiary/aromatic N) is 1. The Kier molecular flexibility index (Phi) is 21.8. The largest absolute Gasteiger partial charge is 0.445 e. The highest BCUT2D eigenvalue weighted by molar-refractivity contribution is 5.93. The highest BCUT2D eigenvalue weighted by atomic mass is 16.6. The van der Waals surface area contributed by atoms with Crippen LogP contribution in [0.4, 0.5) is 9.59 Å². The van der Waals surface area contributed by atoms with Gasteiger partial charge in [0.2, 0.25) is 0 Å². The molecule has 0 saturated heterocycles. The molecule has 0 unspecified atom stereocenters. The fourth-order valence-electron chi connectivity index (χ4n) is 3.54. The van der Waals surface area contributed by atoms with Gasteiger partial charge in [-0.3, -0.25) is 0 Å². The van der Waals surface area contributed by atoms with Gasteiger partial charge in [-0.05, 0) is 79.3 Å². The zero-order chi connectivity index (χ0) is 30.9. The summed E-state index contributed by atoms with van der Waals surface area (Å²) in [5.74, 6) is 0.497. The molecule has 0 aliphatic carbocycles. The Morgan fingerprint density at radius 1 is 0.756 bits per heavy atom. The van der Waals surface area contributed by atoms with E-state index in [0.29, 0.717) is 25.9 Å². The number of aliphatic imine (C=N–C) groups is 1. The molecule has 0 saturated carbocycles. The third-order valence-electron chi connectivity index (χ3n) is 5.63. The van der Waals surface area contributed by atoms with Crippen molar-refractivity contribution in [2.75, 3.05) is 19.6 Å². The third kappa shape index (κ3) is 28.3. The zero-order valence-corrected chi connectivity index (χ0v) is 26.2. The SMILES string of the molecule is CC(=O)CCCCCCCNCC(C)=NC(=O)OC(C)(C)C.CC(=O)CCCCCNC(=O)OCc1ccccc1. The van der Waals surface area contributed by atoms with E-state index in [9.17, 15) is 19.2 Å². The molecule has 1 aromatic carbocycles. The number of carbonyl (C=O) groups is 4. The second-order valence-corrected chi connectivity index (χ2v) is 11.2. The van der Waals surface area contributed by atoms with Gasteiger partial charge in [-0.1, -0.05) is 56.0 Å². The van der Waals surface area contributed by atoms with E-state index < -0.39 is 17.8 Å². The van der Waals surface area contributed by atoms with Crippen molar-refractivity contribution >= 4 is 29.5 Å². The fourth-order valence-corrected chi connectivity index (χ4v) is 3.54. The molecule has 0 spiro atoms. The summed E-state index contributed by atoms with van der Waals surface area (Å²) in [6.45, 7) is 12.9. The summed E-state index contributed by atoms with van der Waals surface area (Å²) in [5, 5.41) is 5.96. The smallest absolute Gasteiger partial charge is 0.434 e. The highest BCUT2D eigenvalue weighted by Gasteiger charge is 2.15. The van der Waals surface area contributed by atoms with Crippen LogP contribution in [0.25, 0.3) is 0 Å². The predicted octanol–water partition coefficient (Wildman–Crippen LogP) is 6.96. The lowest BCUT2D eigenvalue weighted by Crippen LogP contribution is -2.25. The van der Waals surface area contributed by atoms with Crippen LogP contribution >= 0.6 is 0 Å². The van der Waals surface area contributed by atoms with Gasteiger partial charge in [0.15, 0.2) is 0 Å². The van der Waals surface area contributed by atoms with E-state index in [1.54, 1.807) is 13.8 Å². The van der Waals surface area contributed by atoms with Crippen LogP contribution in [0.5, 0.6) is 0 Å². The molecule has 232 valence electrons. The zero-order valence-electron chi connectivity index (χ0n) is 26.2. The van der Waals surface area contributed by atoms with Crippen LogP contribution < -0.4 is 10.6 Å². The number of carbonyl (C=O) groups excluding carboxylic acids is 4. The maximum Gasteiger partial charge on any atom is 0.434 e. The molecular formula is C32H53N3O6. The lowest BCUT2D eigenvalue weighted by Gasteiger charge is -2.17. The van der Waals surface area contributed by atoms with Gasteiger partial charge in [0.1, 0.15) is 23.8 Å². The fraction of sp³-hybridized carbons (Fsp3) is 0.656. The van der Waals surface area contributed by atoms with Crippen LogP contribution in [-0.2, 0) is 25.7 Å². The van der Waals surface area contributed by atoms with Gasteiger partial charge in [0, 0.05) is 31.6 Å². The van der Waals surface area contributed by atoms with E-state index in [2.05, 4.69) is 15.6 Å². The molecule has 0 fully saturated rings. The molecule has 2 N–H and O–H groups in total. The van der Waals surface area contributed by atoms with Crippen molar-refractivity contribution in [3.8, 4) is 0 Å². The maximum absolute atomic E-state index is 11.5. The first-order valence-corrected chi connectivity index (χ1v) is 14.8. The predicted molar refractivity (Wildman–Crippen MR) is 164 cm³/mol. The quantitative estimate of drug-likeness (QED) is 0.143. The van der Waals surface area contributed by atoms with Crippen LogP contribution in [0, 0.1) is 0 Å². The van der Waals surface area contributed by atoms with E-state index in [4.69, 9.17) is 9.47 Å². The van der Waals surface area contributed by atoms with Crippen molar-refractivity contribution in [3.63, 3.8) is 0 Å². The van der Waals surface area contributed by atoms with Gasteiger partial charge in [0.05, 0.1) is 0 Å². The molecule has 9 heteroatoms. The second-order valence-electron chi connectivity index (χ2n) is 11.2. The summed E-state index contributed by atoms with van der Waals surface area (Å²) >= 11 is 0. The van der Waals surface area contributed by atoms with E-state index in [1.807, 2.05) is 58.0 Å². The summed E-state index contributed by atoms with van der Waals surface area (Å²) in [6.07, 6.45) is 8.66. The monoisotopic (exact) mass is 575 g/mol. The number of alkyl carbamates (subject to hydrolysis) is 1. The lowest BCUT2D eigenvalue weighted by atomic mass is 10.1. The number of benzene rings is 1. The molecule has 0 aliphatic heterocycles. The molecule has 0 aliphatic rings. The Labute approximate surface area is 247 Å². The third-order valence-corrected chi connectivity index (χ3v) is 5.63. The van der Waals surface area contributed by atoms with Gasteiger partial charge >= 0.3 is 12.2 Å². The molecule has 9 nitrogen and oxygen atoms in total. The minimum Gasteiger partial charge on any atom is -0.445 e. The summed E-state index contributed by atoms with van der Waals surface area (Å²) < 4.78 is 10.2. The van der Waals surface area contributed by atoms with Crippen LogP contribution in [0.2, 0.25) is 0 Å². The first-order valence-electron chi connectivity index (χ1n) is 14.8. The van der Waals surface area contributed by atoms with Gasteiger partial charge in [0.25, 0.3) is 0 Å². The van der Waals surface area contributed by atoms with Crippen molar-refractivity contribution in [1.82, 2.24) is 10.6 Å². The van der Waals surface area contributed by atoms with Crippen molar-refractivity contribution in [3.05, 3.63) is 35.9 Å². The van der Waals surface area contributed by atoms with Crippen LogP contribution in [0.1, 0.15) is 111 Å². The van der Waals surface area contributed by atoms with Crippen molar-refractivity contribution < 1.29 is 28.7 Å². The highest BCUT2D eigenvalue weighted by Crippen LogP contribution is 2.08. The van der Waals surface area contributed by atoms with Crippen LogP contribution in [-0.4, -0.2) is 54.7 Å². The molecule has 2 amide bonds. The van der Waals surface area contributed by atoms with E-state index in [-0.39, 0.29) is 18.2 Å². The minimum atomic E-state index is -0.530. The average Bonchev–Trinajstić information content (AvgIpc) is 2.88. The Morgan fingerprint density at radius 3 is 1.88 bits per heavy atom. The molecule has 0 atom stereocenters. The van der Waals surface area contributed by atoms with Crippen LogP contribution in [0.15, 0.2) is 35.3 Å². The number of ketones is 2. The lowest BCUT2D eigenvalue weighted by molar-refractivity contribution is -0.117. The number of amides is 2. The van der Waals surface area contributed by atoms with Gasteiger partial charge in [-0.15, -0.1) is 0 Å². The van der Waals surface area contributed by atoms with E-state index in [0.717, 1.165) is 62.8 Å². The number of hydrogen-bond donors (Lipinski definition) is 2. The molecule has 0 heterocycles. The van der Waals surface area contributed by atoms with Crippen molar-refractivity contribution in [2.24, 2.45) is 4.99 Å². The summed E-state index contributed by atoms with van der Waals surface area (Å²) in [4.78, 5) is 48.3. The minimum absolute atomic E-state index is 0.218. The first-order chi connectivity index (χ1) is 19.4. The summed E-state index contributed by atoms with van der Waals surface area (Å²) in [6, 6.07) is 9.56. The van der Waals surface area contributed by atoms with Gasteiger partial charge in [-0.25, -0.2) is 9.59 Å². The number of hydrogen-bond acceptors (Lipinski definition) is 7. The Morgan fingerprint density at radius 2 is 1.29 bits per heavy atom. The maximum atomic E-state index is 11.5. The topological polar surface area (TPSA) is 123 Å². The van der Waals surface area contributed by atoms with Crippen molar-refractivity contribution in [2.45, 2.75) is 118 Å². The Bertz CT molecular complexity index is 910. The molecule has 0 bridgehead atoms. The molecule has 0 aromatic heterocycles. The molecule has 0 radical (unpaired) electrons. The molecular weight excluding hydrogens is 522 g/mol. The number of unbranched alkanes of at least 4 members (excludes halogenated alkanes) is 6. The van der Waals surface area contributed by atoms with Gasteiger partial charge < -0.3 is 29.7 Å². The number of rotatable bonds is 18. The second kappa shape index (κ2) is 23.6. The van der Waals surface area contributed by atoms with Crippen LogP contribution in [0.3, 0.4) is 0 Å². The average molecular weight is 576 g/mol. The number of ether oxygens (including phenoxy) is 2.